The molecule has 2 aromatic rings. The molecule has 0 bridgehead atoms. The highest BCUT2D eigenvalue weighted by molar-refractivity contribution is 7.90. The summed E-state index contributed by atoms with van der Waals surface area (Å²) in [7, 11) is -1.77. The predicted molar refractivity (Wildman–Crippen MR) is 123 cm³/mol. The van der Waals surface area contributed by atoms with Gasteiger partial charge in [0, 0.05) is 11.0 Å². The maximum Gasteiger partial charge on any atom is 0.341 e. The van der Waals surface area contributed by atoms with Crippen molar-refractivity contribution in [3.8, 4) is 17.6 Å². The van der Waals surface area contributed by atoms with E-state index in [2.05, 4.69) is 5.32 Å². The van der Waals surface area contributed by atoms with Crippen LogP contribution in [-0.2, 0) is 31.5 Å². The van der Waals surface area contributed by atoms with E-state index >= 15 is 0 Å². The zero-order chi connectivity index (χ0) is 24.0. The molecule has 0 fully saturated rings. The quantitative estimate of drug-likeness (QED) is 0.441. The smallest absolute Gasteiger partial charge is 0.341 e. The number of hydrogen-bond acceptors (Lipinski definition) is 9. The van der Waals surface area contributed by atoms with Gasteiger partial charge in [-0.15, -0.1) is 11.3 Å². The maximum atomic E-state index is 12.6. The molecule has 0 aliphatic carbocycles. The van der Waals surface area contributed by atoms with Crippen molar-refractivity contribution >= 4 is 44.1 Å². The summed E-state index contributed by atoms with van der Waals surface area (Å²) in [5, 5.41) is 11.6. The first-order valence-electron chi connectivity index (χ1n) is 9.97. The first-order valence-corrected chi connectivity index (χ1v) is 12.6. The monoisotopic (exact) mass is 490 g/mol. The van der Waals surface area contributed by atoms with Crippen LogP contribution in [0, 0.1) is 11.3 Å². The lowest BCUT2D eigenvalue weighted by Gasteiger charge is -2.13. The number of hydrogen-bond donors (Lipinski definition) is 1. The molecule has 0 radical (unpaired) electrons. The van der Waals surface area contributed by atoms with E-state index in [-0.39, 0.29) is 41.7 Å². The number of anilines is 1. The number of esters is 1. The normalized spacial score (nSPS) is 14.2. The van der Waals surface area contributed by atoms with Crippen molar-refractivity contribution in [1.29, 1.82) is 5.26 Å². The molecule has 0 saturated heterocycles. The van der Waals surface area contributed by atoms with Crippen molar-refractivity contribution in [2.45, 2.75) is 19.1 Å². The van der Waals surface area contributed by atoms with Crippen LogP contribution >= 0.6 is 11.3 Å². The first kappa shape index (κ1) is 24.3. The first-order chi connectivity index (χ1) is 15.8. The number of carbonyl (C=O) groups is 2. The molecule has 0 spiro atoms. The van der Waals surface area contributed by atoms with Crippen LogP contribution < -0.4 is 14.8 Å². The van der Waals surface area contributed by atoms with Crippen LogP contribution in [0.25, 0.3) is 6.08 Å². The summed E-state index contributed by atoms with van der Waals surface area (Å²) >= 11 is 1.08. The zero-order valence-corrected chi connectivity index (χ0v) is 19.7. The Morgan fingerprint density at radius 1 is 1.30 bits per heavy atom. The van der Waals surface area contributed by atoms with Gasteiger partial charge in [-0.05, 0) is 42.7 Å². The molecule has 174 valence electrons. The number of ether oxygens (including phenoxy) is 3. The minimum atomic E-state index is -3.24. The molecular weight excluding hydrogens is 468 g/mol. The molecule has 0 saturated carbocycles. The van der Waals surface area contributed by atoms with E-state index in [9.17, 15) is 18.0 Å². The van der Waals surface area contributed by atoms with Crippen molar-refractivity contribution in [2.24, 2.45) is 0 Å². The van der Waals surface area contributed by atoms with Gasteiger partial charge in [0.25, 0.3) is 0 Å². The maximum absolute atomic E-state index is 12.6. The van der Waals surface area contributed by atoms with Crippen molar-refractivity contribution in [2.75, 3.05) is 31.4 Å². The molecule has 1 aromatic carbocycles. The van der Waals surface area contributed by atoms with Gasteiger partial charge >= 0.3 is 5.97 Å². The molecule has 1 aromatic heterocycles. The molecule has 33 heavy (non-hydrogen) atoms. The fraction of sp³-hybridized carbons (Fsp3) is 0.318. The van der Waals surface area contributed by atoms with Crippen LogP contribution in [-0.4, -0.2) is 46.4 Å². The lowest BCUT2D eigenvalue weighted by atomic mass is 10.1. The van der Waals surface area contributed by atoms with Gasteiger partial charge in [0.15, 0.2) is 27.9 Å². The minimum absolute atomic E-state index is 0.0493. The van der Waals surface area contributed by atoms with Crippen LogP contribution in [0.1, 0.15) is 33.3 Å². The highest BCUT2D eigenvalue weighted by atomic mass is 32.2. The van der Waals surface area contributed by atoms with E-state index in [0.29, 0.717) is 27.5 Å². The van der Waals surface area contributed by atoms with Crippen LogP contribution in [0.15, 0.2) is 24.3 Å². The van der Waals surface area contributed by atoms with Gasteiger partial charge in [-0.25, -0.2) is 13.2 Å². The van der Waals surface area contributed by atoms with Crippen molar-refractivity contribution in [3.63, 3.8) is 0 Å². The highest BCUT2D eigenvalue weighted by Crippen LogP contribution is 2.38. The Labute approximate surface area is 195 Å². The SMILES string of the molecule is CCOC(=O)c1c(NC(=O)/C=C/c2ccc(OCC#N)c(OC)c2)sc2c1CCS(=O)(=O)C2. The fourth-order valence-corrected chi connectivity index (χ4v) is 6.31. The van der Waals surface area contributed by atoms with E-state index in [1.807, 2.05) is 6.07 Å². The Hall–Kier alpha value is -3.36. The van der Waals surface area contributed by atoms with Gasteiger partial charge in [-0.1, -0.05) is 6.07 Å². The number of rotatable bonds is 8. The Morgan fingerprint density at radius 2 is 2.09 bits per heavy atom. The number of nitrogens with zero attached hydrogens (tertiary/aromatic N) is 1. The zero-order valence-electron chi connectivity index (χ0n) is 18.0. The lowest BCUT2D eigenvalue weighted by Crippen LogP contribution is -2.20. The third-order valence-electron chi connectivity index (χ3n) is 4.73. The largest absolute Gasteiger partial charge is 0.493 e. The summed E-state index contributed by atoms with van der Waals surface area (Å²) in [4.78, 5) is 25.6. The van der Waals surface area contributed by atoms with Gasteiger partial charge < -0.3 is 19.5 Å². The number of methoxy groups -OCH3 is 1. The standard InChI is InChI=1S/C22H22N2O7S2/c1-3-30-22(26)20-15-8-11-33(27,28)13-18(15)32-21(20)24-19(25)7-5-14-4-6-16(31-10-9-23)17(12-14)29-2/h4-7,12H,3,8,10-11,13H2,1-2H3,(H,24,25)/b7-5+. The van der Waals surface area contributed by atoms with Gasteiger partial charge in [-0.2, -0.15) is 5.26 Å². The molecule has 1 aliphatic heterocycles. The summed E-state index contributed by atoms with van der Waals surface area (Å²) in [5.74, 6) is -0.488. The molecule has 1 amide bonds. The van der Waals surface area contributed by atoms with Crippen molar-refractivity contribution in [3.05, 3.63) is 45.8 Å². The summed E-state index contributed by atoms with van der Waals surface area (Å²) in [6.45, 7) is 1.71. The average Bonchev–Trinajstić information content (AvgIpc) is 3.12. The van der Waals surface area contributed by atoms with Crippen LogP contribution in [0.2, 0.25) is 0 Å². The Kier molecular flexibility index (Phi) is 7.73. The third kappa shape index (κ3) is 5.91. The summed E-state index contributed by atoms with van der Waals surface area (Å²) in [5.41, 5.74) is 1.48. The molecule has 0 atom stereocenters. The average molecular weight is 491 g/mol. The van der Waals surface area contributed by atoms with Crippen molar-refractivity contribution < 1.29 is 32.2 Å². The van der Waals surface area contributed by atoms with Crippen LogP contribution in [0.5, 0.6) is 11.5 Å². The van der Waals surface area contributed by atoms with E-state index in [4.69, 9.17) is 19.5 Å². The van der Waals surface area contributed by atoms with E-state index in [0.717, 1.165) is 11.3 Å². The molecular formula is C22H22N2O7S2. The Balaban J connectivity index is 1.81. The second kappa shape index (κ2) is 10.5. The number of nitrogens with one attached hydrogen (secondary N) is 1. The molecule has 9 nitrogen and oxygen atoms in total. The number of fused-ring (bicyclic) bond motifs is 1. The molecule has 1 aliphatic rings. The minimum Gasteiger partial charge on any atom is -0.493 e. The number of carbonyl (C=O) groups excluding carboxylic acids is 2. The second-order valence-electron chi connectivity index (χ2n) is 6.95. The van der Waals surface area contributed by atoms with E-state index in [1.54, 1.807) is 31.2 Å². The van der Waals surface area contributed by atoms with Gasteiger partial charge in [0.1, 0.15) is 11.1 Å². The number of benzene rings is 1. The number of sulfone groups is 1. The third-order valence-corrected chi connectivity index (χ3v) is 7.61. The van der Waals surface area contributed by atoms with Crippen molar-refractivity contribution in [1.82, 2.24) is 0 Å². The van der Waals surface area contributed by atoms with E-state index < -0.39 is 21.7 Å². The summed E-state index contributed by atoms with van der Waals surface area (Å²) < 4.78 is 39.6. The molecule has 2 heterocycles. The predicted octanol–water partition coefficient (Wildman–Crippen LogP) is 2.96. The van der Waals surface area contributed by atoms with Gasteiger partial charge in [0.2, 0.25) is 5.91 Å². The van der Waals surface area contributed by atoms with E-state index in [1.165, 1.54) is 13.2 Å². The van der Waals surface area contributed by atoms with Gasteiger partial charge in [-0.3, -0.25) is 4.79 Å². The lowest BCUT2D eigenvalue weighted by molar-refractivity contribution is -0.111. The highest BCUT2D eigenvalue weighted by Gasteiger charge is 2.31. The number of nitriles is 1. The summed E-state index contributed by atoms with van der Waals surface area (Å²) in [6, 6.07) is 6.84. The fourth-order valence-electron chi connectivity index (χ4n) is 3.27. The molecule has 0 unspecified atom stereocenters. The molecule has 3 rings (SSSR count). The topological polar surface area (TPSA) is 132 Å². The van der Waals surface area contributed by atoms with Crippen LogP contribution in [0.3, 0.4) is 0 Å². The second-order valence-corrected chi connectivity index (χ2v) is 10.2. The van der Waals surface area contributed by atoms with Crippen LogP contribution in [0.4, 0.5) is 5.00 Å². The Morgan fingerprint density at radius 3 is 2.79 bits per heavy atom. The number of thiophene rings is 1. The van der Waals surface area contributed by atoms with Gasteiger partial charge in [0.05, 0.1) is 30.8 Å². The summed E-state index contributed by atoms with van der Waals surface area (Å²) in [6.07, 6.45) is 3.04. The molecule has 1 N–H and O–H groups in total. The number of amides is 1. The molecule has 11 heteroatoms. The Bertz CT molecular complexity index is 1240.